The van der Waals surface area contributed by atoms with Gasteiger partial charge >= 0.3 is 6.18 Å². The van der Waals surface area contributed by atoms with Crippen LogP contribution in [0.2, 0.25) is 0 Å². The first-order chi connectivity index (χ1) is 8.84. The van der Waals surface area contributed by atoms with Crippen LogP contribution in [0.15, 0.2) is 30.3 Å². The van der Waals surface area contributed by atoms with Crippen molar-refractivity contribution < 1.29 is 22.3 Å². The van der Waals surface area contributed by atoms with Crippen molar-refractivity contribution in [1.29, 1.82) is 0 Å². The van der Waals surface area contributed by atoms with Crippen LogP contribution >= 0.6 is 0 Å². The molecule has 0 atom stereocenters. The Hall–Kier alpha value is -2.18. The minimum Gasteiger partial charge on any atom is -0.439 e. The van der Waals surface area contributed by atoms with E-state index in [2.05, 4.69) is 9.97 Å². The van der Waals surface area contributed by atoms with E-state index in [9.17, 15) is 17.6 Å². The zero-order chi connectivity index (χ0) is 14.0. The zero-order valence-electron chi connectivity index (χ0n) is 9.70. The Labute approximate surface area is 105 Å². The molecule has 0 aliphatic rings. The number of hydrogen-bond donors (Lipinski definition) is 0. The van der Waals surface area contributed by atoms with E-state index in [1.54, 1.807) is 0 Å². The first kappa shape index (κ1) is 13.3. The van der Waals surface area contributed by atoms with E-state index in [4.69, 9.17) is 4.74 Å². The van der Waals surface area contributed by atoms with Gasteiger partial charge in [-0.1, -0.05) is 0 Å². The summed E-state index contributed by atoms with van der Waals surface area (Å²) in [6, 6.07) is 5.54. The molecular formula is C12H8F4N2O. The molecule has 1 aromatic carbocycles. The highest BCUT2D eigenvalue weighted by Gasteiger charge is 2.33. The van der Waals surface area contributed by atoms with Crippen molar-refractivity contribution in [2.24, 2.45) is 0 Å². The average Bonchev–Trinajstić information content (AvgIpc) is 2.30. The lowest BCUT2D eigenvalue weighted by atomic mass is 10.3. The summed E-state index contributed by atoms with van der Waals surface area (Å²) < 4.78 is 55.4. The van der Waals surface area contributed by atoms with Crippen molar-refractivity contribution in [2.45, 2.75) is 13.1 Å². The molecule has 0 spiro atoms. The van der Waals surface area contributed by atoms with Crippen LogP contribution < -0.4 is 4.74 Å². The van der Waals surface area contributed by atoms with Gasteiger partial charge in [-0.25, -0.2) is 9.37 Å². The van der Waals surface area contributed by atoms with E-state index in [1.165, 1.54) is 19.1 Å². The molecular weight excluding hydrogens is 264 g/mol. The van der Waals surface area contributed by atoms with Crippen LogP contribution in [0.1, 0.15) is 11.5 Å². The minimum atomic E-state index is -4.57. The van der Waals surface area contributed by atoms with Gasteiger partial charge in [-0.2, -0.15) is 18.2 Å². The Kier molecular flexibility index (Phi) is 3.37. The Morgan fingerprint density at radius 3 is 2.26 bits per heavy atom. The van der Waals surface area contributed by atoms with Gasteiger partial charge in [-0.15, -0.1) is 0 Å². The number of halogens is 4. The molecule has 1 aromatic heterocycles. The van der Waals surface area contributed by atoms with Crippen LogP contribution in [0.5, 0.6) is 11.6 Å². The van der Waals surface area contributed by atoms with Gasteiger partial charge in [0.25, 0.3) is 0 Å². The zero-order valence-corrected chi connectivity index (χ0v) is 9.70. The number of rotatable bonds is 2. The molecule has 0 saturated heterocycles. The fourth-order valence-electron chi connectivity index (χ4n) is 1.36. The van der Waals surface area contributed by atoms with Crippen molar-refractivity contribution >= 4 is 0 Å². The van der Waals surface area contributed by atoms with Crippen molar-refractivity contribution in [1.82, 2.24) is 9.97 Å². The number of alkyl halides is 3. The molecule has 0 fully saturated rings. The summed E-state index contributed by atoms with van der Waals surface area (Å²) >= 11 is 0. The van der Waals surface area contributed by atoms with Crippen molar-refractivity contribution in [3.05, 3.63) is 47.7 Å². The van der Waals surface area contributed by atoms with Crippen LogP contribution in [0.4, 0.5) is 17.6 Å². The predicted molar refractivity (Wildman–Crippen MR) is 58.2 cm³/mol. The van der Waals surface area contributed by atoms with Crippen LogP contribution in [-0.2, 0) is 6.18 Å². The van der Waals surface area contributed by atoms with Gasteiger partial charge in [-0.3, -0.25) is 0 Å². The third-order valence-electron chi connectivity index (χ3n) is 2.14. The fraction of sp³-hybridized carbons (Fsp3) is 0.167. The van der Waals surface area contributed by atoms with Crippen LogP contribution in [0, 0.1) is 12.7 Å². The van der Waals surface area contributed by atoms with E-state index in [1.807, 2.05) is 0 Å². The Bertz CT molecular complexity index is 581. The lowest BCUT2D eigenvalue weighted by Gasteiger charge is -2.09. The third kappa shape index (κ3) is 3.40. The van der Waals surface area contributed by atoms with Gasteiger partial charge in [0.2, 0.25) is 5.88 Å². The molecule has 0 aliphatic carbocycles. The summed E-state index contributed by atoms with van der Waals surface area (Å²) in [5, 5.41) is 0. The van der Waals surface area contributed by atoms with Crippen molar-refractivity contribution in [2.75, 3.05) is 0 Å². The molecule has 100 valence electrons. The minimum absolute atomic E-state index is 0.0630. The van der Waals surface area contributed by atoms with Gasteiger partial charge in [0.1, 0.15) is 17.4 Å². The van der Waals surface area contributed by atoms with Crippen molar-refractivity contribution in [3.63, 3.8) is 0 Å². The predicted octanol–water partition coefficient (Wildman–Crippen LogP) is 3.74. The number of hydrogen-bond acceptors (Lipinski definition) is 3. The van der Waals surface area contributed by atoms with E-state index in [0.29, 0.717) is 6.07 Å². The SMILES string of the molecule is Cc1nc(Oc2ccc(F)cc2)cc(C(F)(F)F)n1. The highest BCUT2D eigenvalue weighted by molar-refractivity contribution is 5.28. The average molecular weight is 272 g/mol. The van der Waals surface area contributed by atoms with E-state index < -0.39 is 17.7 Å². The normalized spacial score (nSPS) is 11.4. The molecule has 0 bridgehead atoms. The maximum absolute atomic E-state index is 12.7. The highest BCUT2D eigenvalue weighted by Crippen LogP contribution is 2.30. The van der Waals surface area contributed by atoms with Gasteiger partial charge in [0.05, 0.1) is 0 Å². The van der Waals surface area contributed by atoms with Gasteiger partial charge in [0.15, 0.2) is 5.69 Å². The van der Waals surface area contributed by atoms with E-state index >= 15 is 0 Å². The lowest BCUT2D eigenvalue weighted by Crippen LogP contribution is -2.10. The highest BCUT2D eigenvalue weighted by atomic mass is 19.4. The summed E-state index contributed by atoms with van der Waals surface area (Å²) in [5.74, 6) is -0.590. The second-order valence-electron chi connectivity index (χ2n) is 3.69. The van der Waals surface area contributed by atoms with Gasteiger partial charge in [-0.05, 0) is 31.2 Å². The fourth-order valence-corrected chi connectivity index (χ4v) is 1.36. The Morgan fingerprint density at radius 2 is 1.68 bits per heavy atom. The van der Waals surface area contributed by atoms with Crippen molar-refractivity contribution in [3.8, 4) is 11.6 Å². The summed E-state index contributed by atoms with van der Waals surface area (Å²) in [6.07, 6.45) is -4.57. The second kappa shape index (κ2) is 4.83. The number of ether oxygens (including phenoxy) is 1. The van der Waals surface area contributed by atoms with E-state index in [-0.39, 0.29) is 17.5 Å². The number of benzene rings is 1. The smallest absolute Gasteiger partial charge is 0.433 e. The molecule has 2 rings (SSSR count). The monoisotopic (exact) mass is 272 g/mol. The number of aryl methyl sites for hydroxylation is 1. The van der Waals surface area contributed by atoms with Gasteiger partial charge in [0, 0.05) is 6.07 Å². The van der Waals surface area contributed by atoms with Crippen LogP contribution in [-0.4, -0.2) is 9.97 Å². The molecule has 0 radical (unpaired) electrons. The maximum atomic E-state index is 12.7. The first-order valence-corrected chi connectivity index (χ1v) is 5.21. The molecule has 7 heteroatoms. The lowest BCUT2D eigenvalue weighted by molar-refractivity contribution is -0.141. The largest absolute Gasteiger partial charge is 0.439 e. The molecule has 2 aromatic rings. The Balaban J connectivity index is 2.30. The molecule has 1 heterocycles. The standard InChI is InChI=1S/C12H8F4N2O/c1-7-17-10(12(14,15)16)6-11(18-7)19-9-4-2-8(13)3-5-9/h2-6H,1H3. The quantitative estimate of drug-likeness (QED) is 0.781. The summed E-state index contributed by atoms with van der Waals surface area (Å²) in [7, 11) is 0. The summed E-state index contributed by atoms with van der Waals surface area (Å²) in [4.78, 5) is 7.02. The molecule has 19 heavy (non-hydrogen) atoms. The number of nitrogens with zero attached hydrogens (tertiary/aromatic N) is 2. The van der Waals surface area contributed by atoms with Crippen LogP contribution in [0.25, 0.3) is 0 Å². The summed E-state index contributed by atoms with van der Waals surface area (Å²) in [6.45, 7) is 1.33. The number of aromatic nitrogens is 2. The third-order valence-corrected chi connectivity index (χ3v) is 2.14. The molecule has 3 nitrogen and oxygen atoms in total. The first-order valence-electron chi connectivity index (χ1n) is 5.21. The molecule has 0 aliphatic heterocycles. The van der Waals surface area contributed by atoms with E-state index in [0.717, 1.165) is 12.1 Å². The molecule has 0 N–H and O–H groups in total. The molecule has 0 unspecified atom stereocenters. The second-order valence-corrected chi connectivity index (χ2v) is 3.69. The summed E-state index contributed by atoms with van der Waals surface area (Å²) in [5.41, 5.74) is -1.09. The molecule has 0 amide bonds. The van der Waals surface area contributed by atoms with Crippen LogP contribution in [0.3, 0.4) is 0 Å². The van der Waals surface area contributed by atoms with Gasteiger partial charge < -0.3 is 4.74 Å². The molecule has 0 saturated carbocycles. The Morgan fingerprint density at radius 1 is 1.05 bits per heavy atom. The maximum Gasteiger partial charge on any atom is 0.433 e. The topological polar surface area (TPSA) is 35.0 Å².